The van der Waals surface area contributed by atoms with Crippen LogP contribution in [0, 0.1) is 0 Å². The monoisotopic (exact) mass is 770 g/mol. The van der Waals surface area contributed by atoms with E-state index in [1.54, 1.807) is 29.2 Å². The summed E-state index contributed by atoms with van der Waals surface area (Å²) in [6.45, 7) is -0.587. The van der Waals surface area contributed by atoms with Gasteiger partial charge in [0.15, 0.2) is 18.3 Å². The van der Waals surface area contributed by atoms with Crippen molar-refractivity contribution in [1.82, 2.24) is 19.8 Å². The highest BCUT2D eigenvalue weighted by molar-refractivity contribution is 5.96. The fraction of sp³-hybridized carbons (Fsp3) is 0.350. The molecule has 0 radical (unpaired) electrons. The predicted molar refractivity (Wildman–Crippen MR) is 197 cm³/mol. The predicted octanol–water partition coefficient (Wildman–Crippen LogP) is 2.42. The third kappa shape index (κ3) is 8.33. The van der Waals surface area contributed by atoms with Gasteiger partial charge in [-0.1, -0.05) is 30.3 Å². The maximum Gasteiger partial charge on any atom is 0.274 e. The molecule has 5 N–H and O–H groups in total. The number of aliphatic hydroxyl groups excluding tert-OH is 3. The Kier molecular flexibility index (Phi) is 12.9. The molecular weight excluding hydrogens is 728 g/mol. The van der Waals surface area contributed by atoms with Crippen molar-refractivity contribution in [2.45, 2.75) is 43.6 Å². The Morgan fingerprint density at radius 2 is 1.59 bits per heavy atom. The van der Waals surface area contributed by atoms with E-state index in [2.05, 4.69) is 9.97 Å². The van der Waals surface area contributed by atoms with Gasteiger partial charge in [-0.05, 0) is 48.2 Å². The molecule has 0 aliphatic carbocycles. The standard InChI is InChI=1S/C40H42N4O12/c45-17-30-33(49)6-3-7-35(30)55-22-25-9-8-24(16-44(25)39(52)29-5-2-1-4-28(29)34(50)20-48)27-10-11-36(31(18-46)38(27)51)56-23-26-21-54-15-14-43(26)40(53)37-32(19-47)41-12-13-42-37/h1-7,10-13,17-18,24-26,34,47-51H,8-9,14-16,19-23H2/t24?,25-,26-,34?/m0/s1. The molecule has 294 valence electrons. The molecule has 1 aromatic heterocycles. The van der Waals surface area contributed by atoms with Crippen LogP contribution in [0.4, 0.5) is 0 Å². The molecule has 3 aromatic carbocycles. The molecule has 2 aliphatic rings. The second-order valence-corrected chi connectivity index (χ2v) is 13.4. The van der Waals surface area contributed by atoms with Crippen LogP contribution < -0.4 is 9.47 Å². The Balaban J connectivity index is 1.24. The smallest absolute Gasteiger partial charge is 0.274 e. The van der Waals surface area contributed by atoms with Gasteiger partial charge in [0, 0.05) is 37.0 Å². The second-order valence-electron chi connectivity index (χ2n) is 13.4. The van der Waals surface area contributed by atoms with E-state index in [0.29, 0.717) is 31.0 Å². The summed E-state index contributed by atoms with van der Waals surface area (Å²) in [5.74, 6) is -1.82. The van der Waals surface area contributed by atoms with Crippen LogP contribution >= 0.6 is 0 Å². The number of aromatic nitrogens is 2. The van der Waals surface area contributed by atoms with E-state index in [0.717, 1.165) is 0 Å². The lowest BCUT2D eigenvalue weighted by Gasteiger charge is -2.40. The van der Waals surface area contributed by atoms with Gasteiger partial charge in [-0.2, -0.15) is 0 Å². The molecule has 2 saturated heterocycles. The summed E-state index contributed by atoms with van der Waals surface area (Å²) in [5, 5.41) is 51.6. The molecule has 6 rings (SSSR count). The average molecular weight is 771 g/mol. The highest BCUT2D eigenvalue weighted by Crippen LogP contribution is 2.40. The molecule has 0 saturated carbocycles. The number of hydrogen-bond acceptors (Lipinski definition) is 14. The number of rotatable bonds is 14. The average Bonchev–Trinajstić information content (AvgIpc) is 3.24. The third-order valence-corrected chi connectivity index (χ3v) is 10.1. The summed E-state index contributed by atoms with van der Waals surface area (Å²) >= 11 is 0. The molecule has 56 heavy (non-hydrogen) atoms. The Labute approximate surface area is 321 Å². The number of likely N-dealkylation sites (tertiary alicyclic amines) is 1. The van der Waals surface area contributed by atoms with E-state index < -0.39 is 49.1 Å². The largest absolute Gasteiger partial charge is 0.507 e. The molecule has 4 aromatic rings. The van der Waals surface area contributed by atoms with Crippen LogP contribution in [-0.4, -0.2) is 128 Å². The lowest BCUT2D eigenvalue weighted by atomic mass is 9.85. The van der Waals surface area contributed by atoms with E-state index in [4.69, 9.17) is 14.2 Å². The first kappa shape index (κ1) is 39.7. The van der Waals surface area contributed by atoms with Gasteiger partial charge < -0.3 is 49.5 Å². The fourth-order valence-electron chi connectivity index (χ4n) is 7.12. The summed E-state index contributed by atoms with van der Waals surface area (Å²) in [5.41, 5.74) is 0.722. The summed E-state index contributed by atoms with van der Waals surface area (Å²) < 4.78 is 17.6. The number of phenols is 2. The molecule has 2 aliphatic heterocycles. The van der Waals surface area contributed by atoms with E-state index in [-0.39, 0.29) is 96.2 Å². The Hall–Kier alpha value is -5.94. The van der Waals surface area contributed by atoms with Gasteiger partial charge in [0.1, 0.15) is 42.3 Å². The van der Waals surface area contributed by atoms with Gasteiger partial charge in [0.25, 0.3) is 11.8 Å². The van der Waals surface area contributed by atoms with Crippen LogP contribution in [0.5, 0.6) is 23.0 Å². The third-order valence-electron chi connectivity index (χ3n) is 10.1. The summed E-state index contributed by atoms with van der Waals surface area (Å²) in [6.07, 6.45) is 3.16. The fourth-order valence-corrected chi connectivity index (χ4v) is 7.12. The topological polar surface area (TPSA) is 229 Å². The Morgan fingerprint density at radius 3 is 2.34 bits per heavy atom. The highest BCUT2D eigenvalue weighted by Gasteiger charge is 2.37. The van der Waals surface area contributed by atoms with Crippen molar-refractivity contribution in [3.05, 3.63) is 106 Å². The van der Waals surface area contributed by atoms with Crippen molar-refractivity contribution in [2.75, 3.05) is 46.1 Å². The van der Waals surface area contributed by atoms with Crippen LogP contribution in [0.2, 0.25) is 0 Å². The molecular formula is C40H42N4O12. The van der Waals surface area contributed by atoms with Gasteiger partial charge in [-0.25, -0.2) is 4.98 Å². The van der Waals surface area contributed by atoms with E-state index in [1.807, 2.05) is 0 Å². The van der Waals surface area contributed by atoms with Gasteiger partial charge in [-0.3, -0.25) is 24.2 Å². The van der Waals surface area contributed by atoms with Crippen molar-refractivity contribution in [1.29, 1.82) is 0 Å². The zero-order chi connectivity index (χ0) is 39.8. The first-order valence-electron chi connectivity index (χ1n) is 18.0. The first-order valence-corrected chi connectivity index (χ1v) is 18.0. The minimum atomic E-state index is -1.32. The number of aromatic hydroxyl groups is 2. The Morgan fingerprint density at radius 1 is 0.857 bits per heavy atom. The second kappa shape index (κ2) is 18.1. The van der Waals surface area contributed by atoms with E-state index in [9.17, 15) is 44.7 Å². The van der Waals surface area contributed by atoms with E-state index >= 15 is 0 Å². The van der Waals surface area contributed by atoms with E-state index in [1.165, 1.54) is 47.6 Å². The number of aliphatic hydroxyl groups is 3. The van der Waals surface area contributed by atoms with Crippen molar-refractivity contribution in [3.8, 4) is 23.0 Å². The molecule has 2 amide bonds. The van der Waals surface area contributed by atoms with Crippen molar-refractivity contribution < 1.29 is 58.9 Å². The van der Waals surface area contributed by atoms with Crippen molar-refractivity contribution in [3.63, 3.8) is 0 Å². The minimum absolute atomic E-state index is 0.00410. The summed E-state index contributed by atoms with van der Waals surface area (Å²) in [7, 11) is 0. The van der Waals surface area contributed by atoms with Crippen LogP contribution in [0.1, 0.15) is 83.2 Å². The van der Waals surface area contributed by atoms with Gasteiger partial charge in [0.05, 0.1) is 55.3 Å². The molecule has 0 spiro atoms. The molecule has 2 fully saturated rings. The maximum atomic E-state index is 14.3. The first-order chi connectivity index (χ1) is 27.2. The van der Waals surface area contributed by atoms with Crippen LogP contribution in [0.15, 0.2) is 67.0 Å². The zero-order valence-electron chi connectivity index (χ0n) is 30.3. The number of aldehydes is 2. The number of carbonyl (C=O) groups is 4. The molecule has 0 bridgehead atoms. The molecule has 2 unspecified atom stereocenters. The number of benzene rings is 3. The number of nitrogens with zero attached hydrogens (tertiary/aromatic N) is 4. The molecule has 3 heterocycles. The highest BCUT2D eigenvalue weighted by atomic mass is 16.5. The quantitative estimate of drug-likeness (QED) is 0.116. The van der Waals surface area contributed by atoms with Gasteiger partial charge in [0.2, 0.25) is 0 Å². The zero-order valence-corrected chi connectivity index (χ0v) is 30.3. The number of morpholine rings is 1. The number of ether oxygens (including phenoxy) is 3. The van der Waals surface area contributed by atoms with Crippen molar-refractivity contribution in [2.24, 2.45) is 0 Å². The summed E-state index contributed by atoms with van der Waals surface area (Å²) in [6, 6.07) is 12.7. The van der Waals surface area contributed by atoms with Crippen molar-refractivity contribution >= 4 is 24.4 Å². The number of piperidine rings is 1. The SMILES string of the molecule is O=Cc1c(O)cccc1OC[C@@H]1CCC(c2ccc(OC[C@@H]3COCCN3C(=O)c3nccnc3CO)c(C=O)c2O)CN1C(=O)c1ccccc1C(O)CO. The molecule has 4 atom stereocenters. The number of phenolic OH excluding ortho intramolecular Hbond substituents is 2. The normalized spacial score (nSPS) is 18.9. The number of carbonyl (C=O) groups excluding carboxylic acids is 4. The molecule has 16 nitrogen and oxygen atoms in total. The lowest BCUT2D eigenvalue weighted by Crippen LogP contribution is -2.51. The number of amides is 2. The minimum Gasteiger partial charge on any atom is -0.507 e. The van der Waals surface area contributed by atoms with Gasteiger partial charge in [-0.15, -0.1) is 0 Å². The number of hydrogen-bond donors (Lipinski definition) is 5. The Bertz CT molecular complexity index is 2060. The summed E-state index contributed by atoms with van der Waals surface area (Å²) in [4.78, 5) is 63.1. The molecule has 16 heteroatoms. The van der Waals surface area contributed by atoms with Crippen LogP contribution in [0.25, 0.3) is 0 Å². The maximum absolute atomic E-state index is 14.3. The lowest BCUT2D eigenvalue weighted by molar-refractivity contribution is -0.0155. The van der Waals surface area contributed by atoms with Gasteiger partial charge >= 0.3 is 0 Å². The van der Waals surface area contributed by atoms with Crippen LogP contribution in [0.3, 0.4) is 0 Å². The van der Waals surface area contributed by atoms with Crippen LogP contribution in [-0.2, 0) is 11.3 Å².